The molecule has 0 atom stereocenters. The summed E-state index contributed by atoms with van der Waals surface area (Å²) in [5.41, 5.74) is 0.696. The average molecular weight is 388 g/mol. The predicted molar refractivity (Wildman–Crippen MR) is 93.0 cm³/mol. The second kappa shape index (κ2) is 7.42. The SMILES string of the molecule is CCCS(=O)(=O)c1ccccc1NCCc1ccc(Br)s1. The van der Waals surface area contributed by atoms with E-state index in [2.05, 4.69) is 27.3 Å². The topological polar surface area (TPSA) is 46.2 Å². The zero-order valence-electron chi connectivity index (χ0n) is 11.8. The molecular weight excluding hydrogens is 370 g/mol. The van der Waals surface area contributed by atoms with Gasteiger partial charge in [0.25, 0.3) is 0 Å². The number of anilines is 1. The molecule has 0 bridgehead atoms. The van der Waals surface area contributed by atoms with E-state index in [1.165, 1.54) is 4.88 Å². The molecule has 114 valence electrons. The van der Waals surface area contributed by atoms with Crippen LogP contribution < -0.4 is 5.32 Å². The smallest absolute Gasteiger partial charge is 0.180 e. The number of hydrogen-bond donors (Lipinski definition) is 1. The molecule has 2 rings (SSSR count). The second-order valence-electron chi connectivity index (χ2n) is 4.70. The van der Waals surface area contributed by atoms with Gasteiger partial charge in [0.15, 0.2) is 9.84 Å². The van der Waals surface area contributed by atoms with E-state index >= 15 is 0 Å². The van der Waals surface area contributed by atoms with Crippen LogP contribution in [-0.4, -0.2) is 20.7 Å². The van der Waals surface area contributed by atoms with Gasteiger partial charge in [0, 0.05) is 11.4 Å². The van der Waals surface area contributed by atoms with Crippen LogP contribution in [0.2, 0.25) is 0 Å². The van der Waals surface area contributed by atoms with Crippen LogP contribution in [0.3, 0.4) is 0 Å². The summed E-state index contributed by atoms with van der Waals surface area (Å²) in [5, 5.41) is 3.25. The number of halogens is 1. The van der Waals surface area contributed by atoms with Crippen LogP contribution in [0.4, 0.5) is 5.69 Å². The molecule has 1 aromatic carbocycles. The molecule has 0 aliphatic heterocycles. The molecule has 0 saturated carbocycles. The molecule has 0 fully saturated rings. The quantitative estimate of drug-likeness (QED) is 0.767. The number of hydrogen-bond acceptors (Lipinski definition) is 4. The highest BCUT2D eigenvalue weighted by molar-refractivity contribution is 9.11. The van der Waals surface area contributed by atoms with E-state index in [4.69, 9.17) is 0 Å². The van der Waals surface area contributed by atoms with E-state index in [1.807, 2.05) is 25.1 Å². The van der Waals surface area contributed by atoms with Crippen LogP contribution in [0, 0.1) is 0 Å². The minimum Gasteiger partial charge on any atom is -0.384 e. The van der Waals surface area contributed by atoms with Crippen LogP contribution >= 0.6 is 27.3 Å². The Kier molecular flexibility index (Phi) is 5.84. The summed E-state index contributed by atoms with van der Waals surface area (Å²) in [6.45, 7) is 2.59. The van der Waals surface area contributed by atoms with Gasteiger partial charge in [0.05, 0.1) is 20.1 Å². The fourth-order valence-corrected chi connectivity index (χ4v) is 5.07. The highest BCUT2D eigenvalue weighted by Crippen LogP contribution is 2.24. The molecule has 3 nitrogen and oxygen atoms in total. The number of nitrogens with one attached hydrogen (secondary N) is 1. The standard InChI is InChI=1S/C15H18BrNO2S2/c1-2-11-21(18,19)14-6-4-3-5-13(14)17-10-9-12-7-8-15(16)20-12/h3-8,17H,2,9-11H2,1H3. The van der Waals surface area contributed by atoms with Crippen molar-refractivity contribution >= 4 is 42.8 Å². The van der Waals surface area contributed by atoms with Crippen LogP contribution in [-0.2, 0) is 16.3 Å². The van der Waals surface area contributed by atoms with Gasteiger partial charge in [0.1, 0.15) is 0 Å². The molecule has 1 N–H and O–H groups in total. The van der Waals surface area contributed by atoms with Crippen molar-refractivity contribution in [2.24, 2.45) is 0 Å². The highest BCUT2D eigenvalue weighted by Gasteiger charge is 2.16. The van der Waals surface area contributed by atoms with Crippen LogP contribution in [0.1, 0.15) is 18.2 Å². The zero-order valence-corrected chi connectivity index (χ0v) is 15.0. The number of sulfone groups is 1. The van der Waals surface area contributed by atoms with E-state index in [0.717, 1.165) is 10.2 Å². The summed E-state index contributed by atoms with van der Waals surface area (Å²) in [6, 6.07) is 11.2. The van der Waals surface area contributed by atoms with E-state index in [0.29, 0.717) is 23.5 Å². The summed E-state index contributed by atoms with van der Waals surface area (Å²) >= 11 is 5.14. The lowest BCUT2D eigenvalue weighted by Crippen LogP contribution is -2.11. The fourth-order valence-electron chi connectivity index (χ4n) is 2.07. The van der Waals surface area contributed by atoms with Gasteiger partial charge in [-0.15, -0.1) is 11.3 Å². The lowest BCUT2D eigenvalue weighted by molar-refractivity contribution is 0.595. The lowest BCUT2D eigenvalue weighted by Gasteiger charge is -2.11. The van der Waals surface area contributed by atoms with Gasteiger partial charge >= 0.3 is 0 Å². The number of thiophene rings is 1. The van der Waals surface area contributed by atoms with Gasteiger partial charge in [-0.05, 0) is 53.0 Å². The molecule has 2 aromatic rings. The molecular formula is C15H18BrNO2S2. The summed E-state index contributed by atoms with van der Waals surface area (Å²) in [5.74, 6) is 0.184. The maximum Gasteiger partial charge on any atom is 0.180 e. The second-order valence-corrected chi connectivity index (χ2v) is 9.32. The Hall–Kier alpha value is -0.850. The molecule has 1 aromatic heterocycles. The third kappa shape index (κ3) is 4.56. The summed E-state index contributed by atoms with van der Waals surface area (Å²) in [7, 11) is -3.20. The predicted octanol–water partition coefficient (Wildman–Crippen LogP) is 4.35. The van der Waals surface area contributed by atoms with E-state index in [9.17, 15) is 8.42 Å². The van der Waals surface area contributed by atoms with E-state index < -0.39 is 9.84 Å². The molecule has 6 heteroatoms. The first-order valence-electron chi connectivity index (χ1n) is 6.83. The third-order valence-electron chi connectivity index (χ3n) is 3.01. The van der Waals surface area contributed by atoms with Gasteiger partial charge in [-0.3, -0.25) is 0 Å². The number of benzene rings is 1. The Morgan fingerprint density at radius 1 is 1.19 bits per heavy atom. The minimum atomic E-state index is -3.20. The largest absolute Gasteiger partial charge is 0.384 e. The molecule has 0 aliphatic carbocycles. The lowest BCUT2D eigenvalue weighted by atomic mass is 10.3. The monoisotopic (exact) mass is 387 g/mol. The van der Waals surface area contributed by atoms with Gasteiger partial charge < -0.3 is 5.32 Å². The summed E-state index contributed by atoms with van der Waals surface area (Å²) in [6.07, 6.45) is 1.50. The first-order chi connectivity index (χ1) is 10.0. The molecule has 0 aliphatic rings. The first kappa shape index (κ1) is 16.5. The van der Waals surface area contributed by atoms with Crippen molar-refractivity contribution in [2.75, 3.05) is 17.6 Å². The first-order valence-corrected chi connectivity index (χ1v) is 10.1. The van der Waals surface area contributed by atoms with Gasteiger partial charge in [-0.1, -0.05) is 19.1 Å². The molecule has 0 spiro atoms. The van der Waals surface area contributed by atoms with Crippen LogP contribution in [0.5, 0.6) is 0 Å². The number of para-hydroxylation sites is 1. The molecule has 0 saturated heterocycles. The Labute approximate surface area is 138 Å². The Bertz CT molecular complexity index is 695. The van der Waals surface area contributed by atoms with Crippen molar-refractivity contribution in [2.45, 2.75) is 24.7 Å². The molecule has 21 heavy (non-hydrogen) atoms. The van der Waals surface area contributed by atoms with E-state index in [1.54, 1.807) is 23.5 Å². The van der Waals surface area contributed by atoms with Crippen LogP contribution in [0.15, 0.2) is 45.1 Å². The van der Waals surface area contributed by atoms with Crippen molar-refractivity contribution in [3.8, 4) is 0 Å². The molecule has 0 unspecified atom stereocenters. The normalized spacial score (nSPS) is 11.5. The van der Waals surface area contributed by atoms with Crippen molar-refractivity contribution in [3.63, 3.8) is 0 Å². The molecule has 0 amide bonds. The summed E-state index contributed by atoms with van der Waals surface area (Å²) < 4.78 is 25.6. The average Bonchev–Trinajstić information content (AvgIpc) is 2.85. The number of rotatable bonds is 7. The van der Waals surface area contributed by atoms with Crippen LogP contribution in [0.25, 0.3) is 0 Å². The van der Waals surface area contributed by atoms with Gasteiger partial charge in [0.2, 0.25) is 0 Å². The van der Waals surface area contributed by atoms with Crippen molar-refractivity contribution < 1.29 is 8.42 Å². The van der Waals surface area contributed by atoms with E-state index in [-0.39, 0.29) is 5.75 Å². The van der Waals surface area contributed by atoms with Gasteiger partial charge in [-0.25, -0.2) is 8.42 Å². The molecule has 1 heterocycles. The van der Waals surface area contributed by atoms with Crippen molar-refractivity contribution in [3.05, 3.63) is 45.1 Å². The Morgan fingerprint density at radius 3 is 2.62 bits per heavy atom. The maximum absolute atomic E-state index is 12.2. The maximum atomic E-state index is 12.2. The third-order valence-corrected chi connectivity index (χ3v) is 6.67. The summed E-state index contributed by atoms with van der Waals surface area (Å²) in [4.78, 5) is 1.67. The molecule has 0 radical (unpaired) electrons. The highest BCUT2D eigenvalue weighted by atomic mass is 79.9. The Balaban J connectivity index is 2.06. The Morgan fingerprint density at radius 2 is 1.95 bits per heavy atom. The van der Waals surface area contributed by atoms with Crippen molar-refractivity contribution in [1.82, 2.24) is 0 Å². The fraction of sp³-hybridized carbons (Fsp3) is 0.333. The van der Waals surface area contributed by atoms with Crippen molar-refractivity contribution in [1.29, 1.82) is 0 Å². The van der Waals surface area contributed by atoms with Gasteiger partial charge in [-0.2, -0.15) is 0 Å². The minimum absolute atomic E-state index is 0.184. The zero-order chi connectivity index (χ0) is 15.3.